The van der Waals surface area contributed by atoms with Gasteiger partial charge in [-0.25, -0.2) is 4.79 Å². The van der Waals surface area contributed by atoms with Crippen LogP contribution in [0.5, 0.6) is 0 Å². The van der Waals surface area contributed by atoms with Crippen molar-refractivity contribution in [3.8, 4) is 0 Å². The van der Waals surface area contributed by atoms with Gasteiger partial charge in [0, 0.05) is 26.2 Å². The van der Waals surface area contributed by atoms with E-state index < -0.39 is 5.97 Å². The first-order valence-corrected chi connectivity index (χ1v) is 8.19. The molecule has 3 rings (SSSR count). The van der Waals surface area contributed by atoms with E-state index in [-0.39, 0.29) is 5.69 Å². The summed E-state index contributed by atoms with van der Waals surface area (Å²) in [5.41, 5.74) is 2.99. The number of ether oxygens (including phenoxy) is 1. The molecule has 0 N–H and O–H groups in total. The molecule has 0 spiro atoms. The summed E-state index contributed by atoms with van der Waals surface area (Å²) in [7, 11) is 4.06. The first kappa shape index (κ1) is 16.5. The average Bonchev–Trinajstić information content (AvgIpc) is 3.06. The van der Waals surface area contributed by atoms with Crippen molar-refractivity contribution in [3.05, 3.63) is 47.3 Å². The van der Waals surface area contributed by atoms with Crippen molar-refractivity contribution in [2.24, 2.45) is 0 Å². The van der Waals surface area contributed by atoms with Gasteiger partial charge < -0.3 is 14.1 Å². The standard InChI is InChI=1S/C18H23N3O3/c1-4-23-17(22)16-12-24-18(19-16)21(3)11-15-9-13-7-5-6-8-14(13)10-20(15)2/h5-8,12,15H,4,9-11H2,1-3H3/t15-/m0/s1. The monoisotopic (exact) mass is 329 g/mol. The Labute approximate surface area is 142 Å². The Kier molecular flexibility index (Phi) is 4.85. The number of fused-ring (bicyclic) bond motifs is 1. The number of esters is 1. The number of nitrogens with zero attached hydrogens (tertiary/aromatic N) is 3. The Bertz CT molecular complexity index is 713. The minimum Gasteiger partial charge on any atom is -0.461 e. The molecule has 0 radical (unpaired) electrons. The third-order valence-corrected chi connectivity index (χ3v) is 4.40. The van der Waals surface area contributed by atoms with E-state index in [0.717, 1.165) is 19.5 Å². The van der Waals surface area contributed by atoms with Crippen LogP contribution in [-0.2, 0) is 17.7 Å². The molecule has 0 unspecified atom stereocenters. The van der Waals surface area contributed by atoms with Gasteiger partial charge in [0.05, 0.1) is 6.61 Å². The fourth-order valence-electron chi connectivity index (χ4n) is 3.05. The van der Waals surface area contributed by atoms with Gasteiger partial charge in [0.1, 0.15) is 6.26 Å². The summed E-state index contributed by atoms with van der Waals surface area (Å²) >= 11 is 0. The maximum absolute atomic E-state index is 11.7. The molecular weight excluding hydrogens is 306 g/mol. The smallest absolute Gasteiger partial charge is 0.360 e. The predicted octanol–water partition coefficient (Wildman–Crippen LogP) is 2.34. The number of aromatic nitrogens is 1. The van der Waals surface area contributed by atoms with Crippen LogP contribution in [0.1, 0.15) is 28.5 Å². The molecule has 2 heterocycles. The molecule has 1 aromatic heterocycles. The summed E-state index contributed by atoms with van der Waals surface area (Å²) in [5, 5.41) is 0. The van der Waals surface area contributed by atoms with Crippen molar-refractivity contribution in [2.75, 3.05) is 32.1 Å². The zero-order chi connectivity index (χ0) is 17.1. The summed E-state index contributed by atoms with van der Waals surface area (Å²) in [6.45, 7) is 3.80. The van der Waals surface area contributed by atoms with Gasteiger partial charge >= 0.3 is 5.97 Å². The second-order valence-electron chi connectivity index (χ2n) is 6.16. The first-order chi connectivity index (χ1) is 11.6. The third-order valence-electron chi connectivity index (χ3n) is 4.40. The number of likely N-dealkylation sites (N-methyl/N-ethyl adjacent to an activating group) is 2. The highest BCUT2D eigenvalue weighted by Crippen LogP contribution is 2.23. The molecule has 1 aromatic carbocycles. The van der Waals surface area contributed by atoms with Crippen LogP contribution in [0, 0.1) is 0 Å². The van der Waals surface area contributed by atoms with Gasteiger partial charge in [-0.2, -0.15) is 4.98 Å². The minimum absolute atomic E-state index is 0.209. The fraction of sp³-hybridized carbons (Fsp3) is 0.444. The first-order valence-electron chi connectivity index (χ1n) is 8.19. The maximum atomic E-state index is 11.7. The summed E-state index contributed by atoms with van der Waals surface area (Å²) in [6, 6.07) is 9.35. The van der Waals surface area contributed by atoms with Crippen molar-refractivity contribution in [2.45, 2.75) is 25.9 Å². The molecule has 0 saturated carbocycles. The average molecular weight is 329 g/mol. The Morgan fingerprint density at radius 1 is 1.42 bits per heavy atom. The lowest BCUT2D eigenvalue weighted by atomic mass is 9.94. The topological polar surface area (TPSA) is 58.8 Å². The number of carbonyl (C=O) groups excluding carboxylic acids is 1. The highest BCUT2D eigenvalue weighted by molar-refractivity contribution is 5.87. The molecule has 1 aliphatic heterocycles. The van der Waals surface area contributed by atoms with Crippen molar-refractivity contribution >= 4 is 12.0 Å². The van der Waals surface area contributed by atoms with Gasteiger partial charge in [0.25, 0.3) is 6.01 Å². The van der Waals surface area contributed by atoms with Gasteiger partial charge in [0.15, 0.2) is 5.69 Å². The molecule has 0 saturated heterocycles. The third kappa shape index (κ3) is 3.43. The van der Waals surface area contributed by atoms with Crippen LogP contribution in [0.4, 0.5) is 6.01 Å². The van der Waals surface area contributed by atoms with Gasteiger partial charge in [-0.1, -0.05) is 24.3 Å². The minimum atomic E-state index is -0.454. The normalized spacial score (nSPS) is 17.4. The van der Waals surface area contributed by atoms with Gasteiger partial charge in [-0.05, 0) is 31.5 Å². The molecule has 6 nitrogen and oxygen atoms in total. The molecule has 6 heteroatoms. The Morgan fingerprint density at radius 3 is 2.92 bits per heavy atom. The molecule has 0 aliphatic carbocycles. The van der Waals surface area contributed by atoms with Gasteiger partial charge in [-0.15, -0.1) is 0 Å². The highest BCUT2D eigenvalue weighted by Gasteiger charge is 2.25. The van der Waals surface area contributed by atoms with Crippen molar-refractivity contribution < 1.29 is 13.9 Å². The molecule has 0 fully saturated rings. The SMILES string of the molecule is CCOC(=O)c1coc(N(C)C[C@@H]2Cc3ccccc3CN2C)n1. The summed E-state index contributed by atoms with van der Waals surface area (Å²) in [4.78, 5) is 20.2. The molecule has 1 aliphatic rings. The van der Waals surface area contributed by atoms with E-state index in [1.54, 1.807) is 6.92 Å². The molecule has 0 amide bonds. The quantitative estimate of drug-likeness (QED) is 0.785. The number of rotatable bonds is 5. The van der Waals surface area contributed by atoms with Crippen LogP contribution in [0.2, 0.25) is 0 Å². The molecule has 24 heavy (non-hydrogen) atoms. The second-order valence-corrected chi connectivity index (χ2v) is 6.16. The number of benzene rings is 1. The lowest BCUT2D eigenvalue weighted by molar-refractivity contribution is 0.0519. The van der Waals surface area contributed by atoms with E-state index in [4.69, 9.17) is 9.15 Å². The van der Waals surface area contributed by atoms with Crippen molar-refractivity contribution in [3.63, 3.8) is 0 Å². The van der Waals surface area contributed by atoms with E-state index in [1.807, 2.05) is 11.9 Å². The summed E-state index contributed by atoms with van der Waals surface area (Å²) in [6.07, 6.45) is 2.34. The van der Waals surface area contributed by atoms with Crippen LogP contribution < -0.4 is 4.90 Å². The van der Waals surface area contributed by atoms with E-state index >= 15 is 0 Å². The summed E-state index contributed by atoms with van der Waals surface area (Å²) in [5.74, 6) is -0.454. The Morgan fingerprint density at radius 2 is 2.17 bits per heavy atom. The van der Waals surface area contributed by atoms with Crippen LogP contribution in [0.15, 0.2) is 34.9 Å². The lowest BCUT2D eigenvalue weighted by Crippen LogP contribution is -2.44. The Hall–Kier alpha value is -2.34. The van der Waals surface area contributed by atoms with Gasteiger partial charge in [0.2, 0.25) is 0 Å². The van der Waals surface area contributed by atoms with Crippen LogP contribution >= 0.6 is 0 Å². The fourth-order valence-corrected chi connectivity index (χ4v) is 3.05. The largest absolute Gasteiger partial charge is 0.461 e. The van der Waals surface area contributed by atoms with E-state index in [9.17, 15) is 4.79 Å². The number of hydrogen-bond donors (Lipinski definition) is 0. The predicted molar refractivity (Wildman–Crippen MR) is 91.1 cm³/mol. The Balaban J connectivity index is 1.67. The van der Waals surface area contributed by atoms with Crippen LogP contribution in [0.3, 0.4) is 0 Å². The van der Waals surface area contributed by atoms with Gasteiger partial charge in [-0.3, -0.25) is 4.90 Å². The van der Waals surface area contributed by atoms with E-state index in [1.165, 1.54) is 17.4 Å². The molecule has 128 valence electrons. The molecular formula is C18H23N3O3. The van der Waals surface area contributed by atoms with Crippen LogP contribution in [0.25, 0.3) is 0 Å². The highest BCUT2D eigenvalue weighted by atomic mass is 16.5. The zero-order valence-electron chi connectivity index (χ0n) is 14.4. The second kappa shape index (κ2) is 7.05. The number of anilines is 1. The number of carbonyl (C=O) groups is 1. The van der Waals surface area contributed by atoms with Crippen molar-refractivity contribution in [1.29, 1.82) is 0 Å². The van der Waals surface area contributed by atoms with Crippen LogP contribution in [-0.4, -0.2) is 49.1 Å². The molecule has 1 atom stereocenters. The maximum Gasteiger partial charge on any atom is 0.360 e. The zero-order valence-corrected chi connectivity index (χ0v) is 14.4. The van der Waals surface area contributed by atoms with Crippen molar-refractivity contribution in [1.82, 2.24) is 9.88 Å². The molecule has 0 bridgehead atoms. The van der Waals surface area contributed by atoms with E-state index in [0.29, 0.717) is 18.7 Å². The van der Waals surface area contributed by atoms with E-state index in [2.05, 4.69) is 41.2 Å². The molecule has 2 aromatic rings. The summed E-state index contributed by atoms with van der Waals surface area (Å²) < 4.78 is 10.4. The number of hydrogen-bond acceptors (Lipinski definition) is 6. The lowest BCUT2D eigenvalue weighted by Gasteiger charge is -2.36. The number of oxazole rings is 1.